The van der Waals surface area contributed by atoms with Gasteiger partial charge < -0.3 is 5.32 Å². The molecule has 0 aliphatic carbocycles. The maximum Gasteiger partial charge on any atom is 0.208 e. The molecule has 0 radical (unpaired) electrons. The number of halogens is 1. The van der Waals surface area contributed by atoms with Crippen LogP contribution < -0.4 is 10.0 Å². The second kappa shape index (κ2) is 6.51. The zero-order valence-corrected chi connectivity index (χ0v) is 12.4. The van der Waals surface area contributed by atoms with Gasteiger partial charge in [-0.05, 0) is 6.42 Å². The van der Waals surface area contributed by atoms with Crippen molar-refractivity contribution in [3.05, 3.63) is 16.4 Å². The van der Waals surface area contributed by atoms with Crippen LogP contribution in [-0.2, 0) is 30.0 Å². The molecule has 1 aromatic heterocycles. The number of hydrogen-bond donors (Lipinski definition) is 2. The van der Waals surface area contributed by atoms with Crippen LogP contribution in [0.1, 0.15) is 18.3 Å². The van der Waals surface area contributed by atoms with E-state index in [0.717, 1.165) is 24.1 Å². The van der Waals surface area contributed by atoms with Gasteiger partial charge in [-0.15, -0.1) is 0 Å². The normalized spacial score (nSPS) is 12.0. The van der Waals surface area contributed by atoms with E-state index >= 15 is 0 Å². The fraction of sp³-hybridized carbons (Fsp3) is 0.700. The average molecular weight is 295 g/mol. The van der Waals surface area contributed by atoms with Gasteiger partial charge in [0.2, 0.25) is 10.0 Å². The van der Waals surface area contributed by atoms with E-state index in [2.05, 4.69) is 15.1 Å². The summed E-state index contributed by atoms with van der Waals surface area (Å²) in [4.78, 5) is 0. The fourth-order valence-corrected chi connectivity index (χ4v) is 2.38. The Morgan fingerprint density at radius 3 is 2.56 bits per heavy atom. The van der Waals surface area contributed by atoms with Crippen molar-refractivity contribution in [2.45, 2.75) is 19.9 Å². The van der Waals surface area contributed by atoms with Gasteiger partial charge in [0.1, 0.15) is 0 Å². The molecule has 1 heterocycles. The van der Waals surface area contributed by atoms with E-state index in [1.807, 2.05) is 14.0 Å². The monoisotopic (exact) mass is 294 g/mol. The van der Waals surface area contributed by atoms with Crippen LogP contribution in [0.3, 0.4) is 0 Å². The molecule has 1 aromatic rings. The lowest BCUT2D eigenvalue weighted by molar-refractivity contribution is 0.577. The summed E-state index contributed by atoms with van der Waals surface area (Å²) in [6.45, 7) is 3.46. The first-order valence-corrected chi connectivity index (χ1v) is 7.97. The lowest BCUT2D eigenvalue weighted by Crippen LogP contribution is -2.31. The first-order valence-electron chi connectivity index (χ1n) is 5.70. The predicted molar refractivity (Wildman–Crippen MR) is 72.1 cm³/mol. The Morgan fingerprint density at radius 1 is 1.39 bits per heavy atom. The third-order valence-electron chi connectivity index (χ3n) is 2.46. The van der Waals surface area contributed by atoms with Gasteiger partial charge in [-0.1, -0.05) is 18.5 Å². The zero-order chi connectivity index (χ0) is 13.8. The third kappa shape index (κ3) is 4.56. The van der Waals surface area contributed by atoms with Crippen molar-refractivity contribution >= 4 is 21.6 Å². The Labute approximate surface area is 113 Å². The highest BCUT2D eigenvalue weighted by Crippen LogP contribution is 2.20. The summed E-state index contributed by atoms with van der Waals surface area (Å²) in [5, 5.41) is 8.11. The highest BCUT2D eigenvalue weighted by atomic mass is 35.5. The van der Waals surface area contributed by atoms with Crippen LogP contribution in [0.25, 0.3) is 0 Å². The minimum atomic E-state index is -3.12. The van der Waals surface area contributed by atoms with E-state index in [-0.39, 0.29) is 0 Å². The van der Waals surface area contributed by atoms with E-state index in [1.54, 1.807) is 4.68 Å². The van der Waals surface area contributed by atoms with Gasteiger partial charge in [-0.3, -0.25) is 4.68 Å². The first-order chi connectivity index (χ1) is 8.35. The van der Waals surface area contributed by atoms with Crippen LogP contribution in [0.4, 0.5) is 0 Å². The first kappa shape index (κ1) is 15.4. The molecule has 0 fully saturated rings. The van der Waals surface area contributed by atoms with Gasteiger partial charge in [-0.2, -0.15) is 5.10 Å². The maximum absolute atomic E-state index is 10.8. The summed E-state index contributed by atoms with van der Waals surface area (Å²) in [7, 11) is -1.27. The lowest BCUT2D eigenvalue weighted by Gasteiger charge is -2.06. The molecule has 0 bridgehead atoms. The van der Waals surface area contributed by atoms with E-state index < -0.39 is 10.0 Å². The van der Waals surface area contributed by atoms with Crippen molar-refractivity contribution in [3.63, 3.8) is 0 Å². The van der Waals surface area contributed by atoms with Crippen molar-refractivity contribution in [3.8, 4) is 0 Å². The van der Waals surface area contributed by atoms with Crippen molar-refractivity contribution in [1.29, 1.82) is 0 Å². The fourth-order valence-electron chi connectivity index (χ4n) is 1.54. The van der Waals surface area contributed by atoms with Crippen molar-refractivity contribution in [2.24, 2.45) is 7.05 Å². The highest BCUT2D eigenvalue weighted by Gasteiger charge is 2.12. The van der Waals surface area contributed by atoms with Crippen LogP contribution >= 0.6 is 11.6 Å². The summed E-state index contributed by atoms with van der Waals surface area (Å²) in [5.74, 6) is 0. The molecule has 0 amide bonds. The molecule has 0 aromatic carbocycles. The van der Waals surface area contributed by atoms with E-state index in [4.69, 9.17) is 11.6 Å². The number of sulfonamides is 1. The zero-order valence-electron chi connectivity index (χ0n) is 10.8. The van der Waals surface area contributed by atoms with E-state index in [9.17, 15) is 8.42 Å². The highest BCUT2D eigenvalue weighted by molar-refractivity contribution is 7.88. The molecule has 0 unspecified atom stereocenters. The topological polar surface area (TPSA) is 76.0 Å². The maximum atomic E-state index is 10.8. The number of rotatable bonds is 7. The summed E-state index contributed by atoms with van der Waals surface area (Å²) in [6, 6.07) is 0. The van der Waals surface area contributed by atoms with Crippen molar-refractivity contribution in [2.75, 3.05) is 19.3 Å². The molecular formula is C10H19ClN4O2S. The number of nitrogens with zero attached hydrogens (tertiary/aromatic N) is 2. The molecule has 2 N–H and O–H groups in total. The Bertz CT molecular complexity index is 498. The van der Waals surface area contributed by atoms with Crippen molar-refractivity contribution in [1.82, 2.24) is 19.8 Å². The molecule has 18 heavy (non-hydrogen) atoms. The molecule has 0 aliphatic heterocycles. The largest absolute Gasteiger partial charge is 0.310 e. The Hall–Kier alpha value is -0.630. The van der Waals surface area contributed by atoms with Gasteiger partial charge in [0, 0.05) is 26.7 Å². The number of aryl methyl sites for hydroxylation is 2. The Kier molecular flexibility index (Phi) is 5.58. The van der Waals surface area contributed by atoms with Crippen LogP contribution in [0, 0.1) is 0 Å². The number of aromatic nitrogens is 2. The molecular weight excluding hydrogens is 276 g/mol. The minimum absolute atomic E-state index is 0.356. The van der Waals surface area contributed by atoms with Crippen LogP contribution in [0.5, 0.6) is 0 Å². The summed E-state index contributed by atoms with van der Waals surface area (Å²) >= 11 is 6.18. The second-order valence-corrected chi connectivity index (χ2v) is 6.24. The van der Waals surface area contributed by atoms with Gasteiger partial charge in [0.25, 0.3) is 0 Å². The molecule has 0 saturated heterocycles. The van der Waals surface area contributed by atoms with Crippen LogP contribution in [0.2, 0.25) is 5.02 Å². The molecule has 6 nitrogen and oxygen atoms in total. The van der Waals surface area contributed by atoms with Crippen molar-refractivity contribution < 1.29 is 8.42 Å². The minimum Gasteiger partial charge on any atom is -0.310 e. The standard InChI is InChI=1S/C10H19ClN4O2S/c1-4-8-10(11)9(15(2)14-8)7-12-5-6-13-18(3,16)17/h12-13H,4-7H2,1-3H3. The molecule has 0 aliphatic rings. The average Bonchev–Trinajstić information content (AvgIpc) is 2.53. The molecule has 8 heteroatoms. The summed E-state index contributed by atoms with van der Waals surface area (Å²) < 4.78 is 25.8. The Morgan fingerprint density at radius 2 is 2.06 bits per heavy atom. The summed E-state index contributed by atoms with van der Waals surface area (Å²) in [6.07, 6.45) is 1.93. The quantitative estimate of drug-likeness (QED) is 0.708. The summed E-state index contributed by atoms with van der Waals surface area (Å²) in [5.41, 5.74) is 1.79. The van der Waals surface area contributed by atoms with Gasteiger partial charge in [-0.25, -0.2) is 13.1 Å². The lowest BCUT2D eigenvalue weighted by atomic mass is 10.3. The smallest absolute Gasteiger partial charge is 0.208 e. The number of hydrogen-bond acceptors (Lipinski definition) is 4. The van der Waals surface area contributed by atoms with E-state index in [1.165, 1.54) is 0 Å². The van der Waals surface area contributed by atoms with Crippen LogP contribution in [-0.4, -0.2) is 37.5 Å². The molecule has 1 rings (SSSR count). The van der Waals surface area contributed by atoms with Gasteiger partial charge >= 0.3 is 0 Å². The molecule has 104 valence electrons. The van der Waals surface area contributed by atoms with Crippen LogP contribution in [0.15, 0.2) is 0 Å². The van der Waals surface area contributed by atoms with Gasteiger partial charge in [0.15, 0.2) is 0 Å². The molecule has 0 saturated carbocycles. The molecule has 0 atom stereocenters. The molecule has 0 spiro atoms. The van der Waals surface area contributed by atoms with Gasteiger partial charge in [0.05, 0.1) is 22.7 Å². The van der Waals surface area contributed by atoms with E-state index in [0.29, 0.717) is 24.7 Å². The second-order valence-electron chi connectivity index (χ2n) is 4.03. The number of nitrogens with one attached hydrogen (secondary N) is 2. The SMILES string of the molecule is CCc1nn(C)c(CNCCNS(C)(=O)=O)c1Cl. The third-order valence-corrected chi connectivity index (χ3v) is 3.63. The predicted octanol–water partition coefficient (Wildman–Crippen LogP) is 0.275. The Balaban J connectivity index is 2.42.